The normalized spacial score (nSPS) is 9.11. The molecule has 0 aromatic rings. The van der Waals surface area contributed by atoms with E-state index in [0.29, 0.717) is 0 Å². The molecule has 0 aromatic carbocycles. The molecule has 9 heavy (non-hydrogen) atoms. The SMILES string of the molecule is CCC(C)(C)C#CC#N. The molecular weight excluding hydrogens is 110 g/mol. The molecular formula is C8H11N. The van der Waals surface area contributed by atoms with Gasteiger partial charge < -0.3 is 0 Å². The molecule has 1 heteroatoms. The number of hydrogen-bond acceptors (Lipinski definition) is 1. The molecule has 48 valence electrons. The van der Waals surface area contributed by atoms with Gasteiger partial charge in [-0.3, -0.25) is 0 Å². The summed E-state index contributed by atoms with van der Waals surface area (Å²) in [5, 5.41) is 8.10. The first kappa shape index (κ1) is 8.05. The van der Waals surface area contributed by atoms with Crippen molar-refractivity contribution in [3.8, 4) is 17.9 Å². The summed E-state index contributed by atoms with van der Waals surface area (Å²) in [5.41, 5.74) is 0.00965. The van der Waals surface area contributed by atoms with Crippen molar-refractivity contribution in [2.45, 2.75) is 27.2 Å². The lowest BCUT2D eigenvalue weighted by molar-refractivity contribution is 0.485. The topological polar surface area (TPSA) is 23.8 Å². The zero-order chi connectivity index (χ0) is 7.33. The van der Waals surface area contributed by atoms with Gasteiger partial charge >= 0.3 is 0 Å². The van der Waals surface area contributed by atoms with Gasteiger partial charge in [0.2, 0.25) is 0 Å². The third-order valence-electron chi connectivity index (χ3n) is 1.34. The summed E-state index contributed by atoms with van der Waals surface area (Å²) in [5.74, 6) is 5.24. The van der Waals surface area contributed by atoms with Gasteiger partial charge in [0.25, 0.3) is 0 Å². The van der Waals surface area contributed by atoms with Crippen LogP contribution in [0.25, 0.3) is 0 Å². The molecule has 0 saturated carbocycles. The van der Waals surface area contributed by atoms with Crippen molar-refractivity contribution in [1.29, 1.82) is 5.26 Å². The van der Waals surface area contributed by atoms with E-state index in [2.05, 4.69) is 18.8 Å². The van der Waals surface area contributed by atoms with E-state index in [4.69, 9.17) is 5.26 Å². The van der Waals surface area contributed by atoms with Gasteiger partial charge in [-0.2, -0.15) is 5.26 Å². The summed E-state index contributed by atoms with van der Waals surface area (Å²) in [6.45, 7) is 6.11. The van der Waals surface area contributed by atoms with Crippen LogP contribution in [0.5, 0.6) is 0 Å². The van der Waals surface area contributed by atoms with Crippen molar-refractivity contribution in [1.82, 2.24) is 0 Å². The predicted molar refractivity (Wildman–Crippen MR) is 37.5 cm³/mol. The van der Waals surface area contributed by atoms with Crippen LogP contribution in [0.1, 0.15) is 27.2 Å². The highest BCUT2D eigenvalue weighted by Crippen LogP contribution is 2.16. The van der Waals surface area contributed by atoms with Crippen molar-refractivity contribution in [3.05, 3.63) is 0 Å². The fraction of sp³-hybridized carbons (Fsp3) is 0.625. The van der Waals surface area contributed by atoms with Gasteiger partial charge in [0.15, 0.2) is 6.07 Å². The molecule has 0 unspecified atom stereocenters. The average Bonchev–Trinajstić information content (AvgIpc) is 1.84. The lowest BCUT2D eigenvalue weighted by atomic mass is 9.91. The standard InChI is InChI=1S/C8H11N/c1-4-8(2,3)6-5-7-9/h4H2,1-3H3. The van der Waals surface area contributed by atoms with Crippen LogP contribution >= 0.6 is 0 Å². The van der Waals surface area contributed by atoms with Gasteiger partial charge in [-0.05, 0) is 20.3 Å². The van der Waals surface area contributed by atoms with Crippen molar-refractivity contribution in [2.75, 3.05) is 0 Å². The molecule has 0 radical (unpaired) electrons. The Kier molecular flexibility index (Phi) is 2.82. The largest absolute Gasteiger partial charge is 0.183 e. The summed E-state index contributed by atoms with van der Waals surface area (Å²) in [7, 11) is 0. The molecule has 0 atom stereocenters. The molecule has 0 saturated heterocycles. The molecule has 1 nitrogen and oxygen atoms in total. The number of nitriles is 1. The van der Waals surface area contributed by atoms with E-state index in [1.165, 1.54) is 0 Å². The molecule has 0 amide bonds. The maximum Gasteiger partial charge on any atom is 0.152 e. The van der Waals surface area contributed by atoms with E-state index in [1.54, 1.807) is 6.07 Å². The van der Waals surface area contributed by atoms with Crippen LogP contribution in [0.4, 0.5) is 0 Å². The lowest BCUT2D eigenvalue weighted by Crippen LogP contribution is -2.04. The first-order valence-corrected chi connectivity index (χ1v) is 3.03. The van der Waals surface area contributed by atoms with E-state index < -0.39 is 0 Å². The van der Waals surface area contributed by atoms with Gasteiger partial charge in [0.05, 0.1) is 0 Å². The molecule has 0 spiro atoms. The third-order valence-corrected chi connectivity index (χ3v) is 1.34. The maximum absolute atomic E-state index is 8.10. The minimum atomic E-state index is 0.00965. The van der Waals surface area contributed by atoms with Crippen molar-refractivity contribution in [3.63, 3.8) is 0 Å². The number of nitrogens with zero attached hydrogens (tertiary/aromatic N) is 1. The van der Waals surface area contributed by atoms with Gasteiger partial charge in [-0.15, -0.1) is 0 Å². The van der Waals surface area contributed by atoms with E-state index in [-0.39, 0.29) is 5.41 Å². The van der Waals surface area contributed by atoms with Crippen molar-refractivity contribution in [2.24, 2.45) is 5.41 Å². The van der Waals surface area contributed by atoms with Gasteiger partial charge in [-0.1, -0.05) is 12.8 Å². The van der Waals surface area contributed by atoms with E-state index in [0.717, 1.165) is 6.42 Å². The Morgan fingerprint density at radius 2 is 2.00 bits per heavy atom. The molecule has 0 aliphatic carbocycles. The Bertz CT molecular complexity index is 173. The van der Waals surface area contributed by atoms with Gasteiger partial charge in [0.1, 0.15) is 0 Å². The predicted octanol–water partition coefficient (Wildman–Crippen LogP) is 1.95. The third kappa shape index (κ3) is 3.62. The molecule has 0 rings (SSSR count). The zero-order valence-electron chi connectivity index (χ0n) is 6.15. The first-order valence-electron chi connectivity index (χ1n) is 3.03. The second-order valence-electron chi connectivity index (χ2n) is 2.60. The fourth-order valence-corrected chi connectivity index (χ4v) is 0.286. The second kappa shape index (κ2) is 3.15. The monoisotopic (exact) mass is 121 g/mol. The number of rotatable bonds is 1. The van der Waals surface area contributed by atoms with Gasteiger partial charge in [-0.25, -0.2) is 0 Å². The minimum absolute atomic E-state index is 0.00965. The molecule has 0 aromatic heterocycles. The lowest BCUT2D eigenvalue weighted by Gasteiger charge is -2.11. The van der Waals surface area contributed by atoms with Crippen molar-refractivity contribution < 1.29 is 0 Å². The van der Waals surface area contributed by atoms with Crippen LogP contribution in [0.2, 0.25) is 0 Å². The van der Waals surface area contributed by atoms with Crippen LogP contribution in [0.3, 0.4) is 0 Å². The van der Waals surface area contributed by atoms with Crippen molar-refractivity contribution >= 4 is 0 Å². The average molecular weight is 121 g/mol. The molecule has 0 fully saturated rings. The molecule has 0 heterocycles. The van der Waals surface area contributed by atoms with Crippen LogP contribution in [-0.2, 0) is 0 Å². The summed E-state index contributed by atoms with van der Waals surface area (Å²) < 4.78 is 0. The highest BCUT2D eigenvalue weighted by atomic mass is 14.2. The maximum atomic E-state index is 8.10. The Morgan fingerprint density at radius 1 is 1.44 bits per heavy atom. The molecule has 0 bridgehead atoms. The minimum Gasteiger partial charge on any atom is -0.183 e. The summed E-state index contributed by atoms with van der Waals surface area (Å²) in [4.78, 5) is 0. The highest BCUT2D eigenvalue weighted by Gasteiger charge is 2.09. The molecule has 0 aliphatic heterocycles. The Balaban J connectivity index is 4.05. The second-order valence-corrected chi connectivity index (χ2v) is 2.60. The molecule has 0 N–H and O–H groups in total. The summed E-state index contributed by atoms with van der Waals surface area (Å²) in [6, 6.07) is 1.80. The summed E-state index contributed by atoms with van der Waals surface area (Å²) in [6.07, 6.45) is 0.988. The van der Waals surface area contributed by atoms with Crippen LogP contribution in [-0.4, -0.2) is 0 Å². The Hall–Kier alpha value is -0.950. The Labute approximate surface area is 56.7 Å². The smallest absolute Gasteiger partial charge is 0.152 e. The fourth-order valence-electron chi connectivity index (χ4n) is 0.286. The van der Waals surface area contributed by atoms with Crippen LogP contribution < -0.4 is 0 Å². The van der Waals surface area contributed by atoms with Crippen LogP contribution in [0, 0.1) is 28.6 Å². The van der Waals surface area contributed by atoms with E-state index in [1.807, 2.05) is 13.8 Å². The summed E-state index contributed by atoms with van der Waals surface area (Å²) >= 11 is 0. The Morgan fingerprint density at radius 3 is 2.33 bits per heavy atom. The van der Waals surface area contributed by atoms with E-state index >= 15 is 0 Å². The highest BCUT2D eigenvalue weighted by molar-refractivity contribution is 5.20. The quantitative estimate of drug-likeness (QED) is 0.486. The molecule has 0 aliphatic rings. The van der Waals surface area contributed by atoms with Gasteiger partial charge in [0, 0.05) is 11.3 Å². The van der Waals surface area contributed by atoms with E-state index in [9.17, 15) is 0 Å². The van der Waals surface area contributed by atoms with Crippen LogP contribution in [0.15, 0.2) is 0 Å². The number of hydrogen-bond donors (Lipinski definition) is 0. The first-order chi connectivity index (χ1) is 4.12. The zero-order valence-corrected chi connectivity index (χ0v) is 6.15.